The van der Waals surface area contributed by atoms with Gasteiger partial charge in [-0.3, -0.25) is 4.79 Å². The Morgan fingerprint density at radius 2 is 1.90 bits per heavy atom. The van der Waals surface area contributed by atoms with Crippen molar-refractivity contribution in [3.05, 3.63) is 75.7 Å². The van der Waals surface area contributed by atoms with E-state index in [2.05, 4.69) is 10.1 Å². The molecule has 0 radical (unpaired) electrons. The Hall–Kier alpha value is -2.64. The molecule has 0 bridgehead atoms. The molecule has 0 aliphatic rings. The van der Waals surface area contributed by atoms with Gasteiger partial charge < -0.3 is 14.0 Å². The SMILES string of the molecule is CC(C)(C)n1ncc(COc2ccc(COCCn3ccnc3)cc2)c(Cl)c1=O. The van der Waals surface area contributed by atoms with Crippen molar-refractivity contribution in [2.24, 2.45) is 0 Å². The van der Waals surface area contributed by atoms with E-state index in [4.69, 9.17) is 21.1 Å². The quantitative estimate of drug-likeness (QED) is 0.524. The average molecular weight is 417 g/mol. The van der Waals surface area contributed by atoms with Gasteiger partial charge in [0.25, 0.3) is 5.56 Å². The largest absolute Gasteiger partial charge is 0.489 e. The number of nitrogens with zero attached hydrogens (tertiary/aromatic N) is 4. The first kappa shape index (κ1) is 21.1. The van der Waals surface area contributed by atoms with Crippen LogP contribution in [0.5, 0.6) is 5.75 Å². The highest BCUT2D eigenvalue weighted by Crippen LogP contribution is 2.18. The summed E-state index contributed by atoms with van der Waals surface area (Å²) in [4.78, 5) is 16.4. The van der Waals surface area contributed by atoms with Crippen molar-refractivity contribution < 1.29 is 9.47 Å². The first-order valence-electron chi connectivity index (χ1n) is 9.37. The van der Waals surface area contributed by atoms with Crippen molar-refractivity contribution >= 4 is 11.6 Å². The number of hydrogen-bond donors (Lipinski definition) is 0. The molecular formula is C21H25ClN4O3. The normalized spacial score (nSPS) is 11.6. The molecule has 29 heavy (non-hydrogen) atoms. The van der Waals surface area contributed by atoms with Crippen molar-refractivity contribution in [3.63, 3.8) is 0 Å². The number of ether oxygens (including phenoxy) is 2. The minimum atomic E-state index is -0.434. The second-order valence-corrected chi connectivity index (χ2v) is 8.04. The van der Waals surface area contributed by atoms with Crippen molar-refractivity contribution in [2.45, 2.75) is 46.1 Å². The Balaban J connectivity index is 1.51. The fourth-order valence-electron chi connectivity index (χ4n) is 2.67. The van der Waals surface area contributed by atoms with Crippen LogP contribution in [0.15, 0.2) is 54.0 Å². The van der Waals surface area contributed by atoms with E-state index in [1.165, 1.54) is 4.68 Å². The topological polar surface area (TPSA) is 71.2 Å². The zero-order valence-corrected chi connectivity index (χ0v) is 17.6. The summed E-state index contributed by atoms with van der Waals surface area (Å²) >= 11 is 6.23. The summed E-state index contributed by atoms with van der Waals surface area (Å²) in [6, 6.07) is 7.63. The number of benzene rings is 1. The Morgan fingerprint density at radius 1 is 1.14 bits per heavy atom. The number of halogens is 1. The molecule has 0 atom stereocenters. The van der Waals surface area contributed by atoms with Crippen molar-refractivity contribution in [1.29, 1.82) is 0 Å². The lowest BCUT2D eigenvalue weighted by Crippen LogP contribution is -2.36. The van der Waals surface area contributed by atoms with Crippen LogP contribution in [0.2, 0.25) is 5.02 Å². The lowest BCUT2D eigenvalue weighted by Gasteiger charge is -2.21. The predicted octanol–water partition coefficient (Wildman–Crippen LogP) is 3.64. The van der Waals surface area contributed by atoms with Crippen LogP contribution in [0.4, 0.5) is 0 Å². The molecule has 0 spiro atoms. The average Bonchev–Trinajstić information content (AvgIpc) is 3.20. The molecule has 0 fully saturated rings. The molecule has 0 saturated heterocycles. The fourth-order valence-corrected chi connectivity index (χ4v) is 2.85. The number of hydrogen-bond acceptors (Lipinski definition) is 5. The van der Waals surface area contributed by atoms with Gasteiger partial charge in [-0.15, -0.1) is 0 Å². The highest BCUT2D eigenvalue weighted by atomic mass is 35.5. The lowest BCUT2D eigenvalue weighted by molar-refractivity contribution is 0.113. The summed E-state index contributed by atoms with van der Waals surface area (Å²) in [6.45, 7) is 7.78. The van der Waals surface area contributed by atoms with E-state index in [-0.39, 0.29) is 17.2 Å². The third-order valence-corrected chi connectivity index (χ3v) is 4.67. The number of rotatable bonds is 8. The molecule has 2 aromatic heterocycles. The van der Waals surface area contributed by atoms with E-state index >= 15 is 0 Å². The number of imidazole rings is 1. The highest BCUT2D eigenvalue weighted by molar-refractivity contribution is 6.31. The summed E-state index contributed by atoms with van der Waals surface area (Å²) in [5.74, 6) is 0.684. The predicted molar refractivity (Wildman–Crippen MR) is 111 cm³/mol. The Morgan fingerprint density at radius 3 is 2.55 bits per heavy atom. The summed E-state index contributed by atoms with van der Waals surface area (Å²) in [7, 11) is 0. The second-order valence-electron chi connectivity index (χ2n) is 7.66. The van der Waals surface area contributed by atoms with Gasteiger partial charge in [0, 0.05) is 24.5 Å². The highest BCUT2D eigenvalue weighted by Gasteiger charge is 2.19. The maximum absolute atomic E-state index is 12.4. The molecule has 3 aromatic rings. The molecule has 154 valence electrons. The van der Waals surface area contributed by atoms with Gasteiger partial charge in [0.05, 0.1) is 31.3 Å². The van der Waals surface area contributed by atoms with Crippen LogP contribution < -0.4 is 10.3 Å². The van der Waals surface area contributed by atoms with E-state index in [0.717, 1.165) is 12.1 Å². The van der Waals surface area contributed by atoms with Crippen LogP contribution >= 0.6 is 11.6 Å². The maximum Gasteiger partial charge on any atom is 0.286 e. The van der Waals surface area contributed by atoms with Gasteiger partial charge in [0.1, 0.15) is 17.4 Å². The smallest absolute Gasteiger partial charge is 0.286 e. The molecule has 3 rings (SSSR count). The first-order valence-corrected chi connectivity index (χ1v) is 9.75. The third kappa shape index (κ3) is 5.68. The van der Waals surface area contributed by atoms with E-state index in [1.807, 2.05) is 55.8 Å². The standard InChI is InChI=1S/C21H25ClN4O3/c1-21(2,3)26-20(27)19(22)17(12-24-26)14-29-18-6-4-16(5-7-18)13-28-11-10-25-9-8-23-15-25/h4-9,12,15H,10-11,13-14H2,1-3H3. The molecule has 0 aliphatic heterocycles. The molecule has 7 nitrogen and oxygen atoms in total. The van der Waals surface area contributed by atoms with Crippen LogP contribution in [0.3, 0.4) is 0 Å². The molecular weight excluding hydrogens is 392 g/mol. The zero-order chi connectivity index (χ0) is 20.9. The van der Waals surface area contributed by atoms with Crippen LogP contribution in [0.1, 0.15) is 31.9 Å². The molecule has 0 N–H and O–H groups in total. The van der Waals surface area contributed by atoms with E-state index in [1.54, 1.807) is 18.7 Å². The van der Waals surface area contributed by atoms with Gasteiger partial charge in [-0.25, -0.2) is 9.67 Å². The molecule has 0 saturated carbocycles. The van der Waals surface area contributed by atoms with Gasteiger partial charge in [0.15, 0.2) is 0 Å². The monoisotopic (exact) mass is 416 g/mol. The van der Waals surface area contributed by atoms with E-state index in [0.29, 0.717) is 24.5 Å². The van der Waals surface area contributed by atoms with Crippen LogP contribution in [0, 0.1) is 0 Å². The van der Waals surface area contributed by atoms with Crippen LogP contribution in [-0.4, -0.2) is 25.9 Å². The summed E-state index contributed by atoms with van der Waals surface area (Å²) in [5.41, 5.74) is 0.861. The minimum Gasteiger partial charge on any atom is -0.489 e. The van der Waals surface area contributed by atoms with Crippen molar-refractivity contribution in [1.82, 2.24) is 19.3 Å². The maximum atomic E-state index is 12.4. The zero-order valence-electron chi connectivity index (χ0n) is 16.8. The van der Waals surface area contributed by atoms with Gasteiger partial charge in [-0.1, -0.05) is 23.7 Å². The molecule has 0 amide bonds. The van der Waals surface area contributed by atoms with Crippen molar-refractivity contribution in [2.75, 3.05) is 6.61 Å². The van der Waals surface area contributed by atoms with Crippen molar-refractivity contribution in [3.8, 4) is 5.75 Å². The van der Waals surface area contributed by atoms with Crippen LogP contribution in [-0.2, 0) is 30.0 Å². The molecule has 8 heteroatoms. The van der Waals surface area contributed by atoms with Crippen LogP contribution in [0.25, 0.3) is 0 Å². The number of aromatic nitrogens is 4. The lowest BCUT2D eigenvalue weighted by atomic mass is 10.1. The molecule has 0 unspecified atom stereocenters. The Labute approximate surface area is 174 Å². The van der Waals surface area contributed by atoms with E-state index < -0.39 is 5.54 Å². The summed E-state index contributed by atoms with van der Waals surface area (Å²) in [5, 5.41) is 4.35. The third-order valence-electron chi connectivity index (χ3n) is 4.27. The summed E-state index contributed by atoms with van der Waals surface area (Å²) < 4.78 is 14.8. The van der Waals surface area contributed by atoms with Gasteiger partial charge in [-0.2, -0.15) is 5.10 Å². The second kappa shape index (κ2) is 9.24. The van der Waals surface area contributed by atoms with E-state index in [9.17, 15) is 4.79 Å². The first-order chi connectivity index (χ1) is 13.8. The summed E-state index contributed by atoms with van der Waals surface area (Å²) in [6.07, 6.45) is 7.00. The molecule has 0 aliphatic carbocycles. The molecule has 2 heterocycles. The van der Waals surface area contributed by atoms with Gasteiger partial charge in [0.2, 0.25) is 0 Å². The minimum absolute atomic E-state index is 0.137. The fraction of sp³-hybridized carbons (Fsp3) is 0.381. The Bertz CT molecular complexity index is 977. The molecule has 1 aromatic carbocycles. The van der Waals surface area contributed by atoms with Gasteiger partial charge in [-0.05, 0) is 38.5 Å². The van der Waals surface area contributed by atoms with Gasteiger partial charge >= 0.3 is 0 Å². The Kier molecular flexibility index (Phi) is 6.71.